The monoisotopic (exact) mass is 983 g/mol. The first kappa shape index (κ1) is 43.7. The number of hydrogen-bond donors (Lipinski definition) is 0. The highest BCUT2D eigenvalue weighted by molar-refractivity contribution is 6.08. The Balaban J connectivity index is 0.858. The van der Waals surface area contributed by atoms with Gasteiger partial charge in [-0.3, -0.25) is 0 Å². The summed E-state index contributed by atoms with van der Waals surface area (Å²) in [6.07, 6.45) is 7.23. The Kier molecular flexibility index (Phi) is 9.59. The van der Waals surface area contributed by atoms with Gasteiger partial charge in [0.1, 0.15) is 22.3 Å². The van der Waals surface area contributed by atoms with E-state index in [0.717, 1.165) is 94.3 Å². The van der Waals surface area contributed by atoms with Crippen molar-refractivity contribution in [3.8, 4) is 55.6 Å². The fourth-order valence-corrected chi connectivity index (χ4v) is 13.5. The van der Waals surface area contributed by atoms with Crippen molar-refractivity contribution in [2.45, 2.75) is 18.3 Å². The van der Waals surface area contributed by atoms with Gasteiger partial charge in [0.05, 0.1) is 5.41 Å². The van der Waals surface area contributed by atoms with Crippen molar-refractivity contribution in [2.24, 2.45) is 5.92 Å². The molecule has 0 saturated carbocycles. The Morgan fingerprint density at radius 3 is 1.36 bits per heavy atom. The Morgan fingerprint density at radius 2 is 0.805 bits per heavy atom. The summed E-state index contributed by atoms with van der Waals surface area (Å²) in [5, 5.41) is 4.46. The summed E-state index contributed by atoms with van der Waals surface area (Å²) in [4.78, 5) is 2.48. The zero-order valence-corrected chi connectivity index (χ0v) is 42.3. The minimum absolute atomic E-state index is 0.262. The summed E-state index contributed by atoms with van der Waals surface area (Å²) >= 11 is 0. The molecular formula is C74H49NO2. The third kappa shape index (κ3) is 6.63. The molecule has 13 aromatic rings. The van der Waals surface area contributed by atoms with Crippen molar-refractivity contribution in [3.63, 3.8) is 0 Å². The molecule has 77 heavy (non-hydrogen) atoms. The maximum Gasteiger partial charge on any atom is 0.135 e. The van der Waals surface area contributed by atoms with E-state index in [2.05, 4.69) is 255 Å². The maximum absolute atomic E-state index is 6.30. The average Bonchev–Trinajstić information content (AvgIpc) is 4.29. The zero-order valence-electron chi connectivity index (χ0n) is 42.3. The third-order valence-electron chi connectivity index (χ3n) is 17.0. The highest BCUT2D eigenvalue weighted by atomic mass is 16.3. The van der Waals surface area contributed by atoms with Crippen LogP contribution in [0.5, 0.6) is 0 Å². The lowest BCUT2D eigenvalue weighted by Crippen LogP contribution is -2.26. The van der Waals surface area contributed by atoms with Crippen LogP contribution in [0.15, 0.2) is 281 Å². The number of furan rings is 2. The van der Waals surface area contributed by atoms with Gasteiger partial charge < -0.3 is 13.7 Å². The largest absolute Gasteiger partial charge is 0.456 e. The Bertz CT molecular complexity index is 4410. The van der Waals surface area contributed by atoms with Crippen LogP contribution in [0, 0.1) is 5.92 Å². The van der Waals surface area contributed by atoms with E-state index in [-0.39, 0.29) is 11.8 Å². The molecule has 3 heteroatoms. The van der Waals surface area contributed by atoms with Crippen molar-refractivity contribution in [3.05, 3.63) is 300 Å². The van der Waals surface area contributed by atoms with E-state index in [1.54, 1.807) is 0 Å². The smallest absolute Gasteiger partial charge is 0.135 e. The molecule has 3 nitrogen and oxygen atoms in total. The number of rotatable bonds is 7. The lowest BCUT2D eigenvalue weighted by atomic mass is 9.70. The third-order valence-corrected chi connectivity index (χ3v) is 17.0. The van der Waals surface area contributed by atoms with Gasteiger partial charge in [-0.2, -0.15) is 0 Å². The predicted octanol–water partition coefficient (Wildman–Crippen LogP) is 19.8. The molecule has 2 atom stereocenters. The minimum atomic E-state index is -0.458. The lowest BCUT2D eigenvalue weighted by molar-refractivity contribution is 0.628. The molecule has 2 heterocycles. The summed E-state index contributed by atoms with van der Waals surface area (Å²) in [5.41, 5.74) is 25.2. The van der Waals surface area contributed by atoms with E-state index < -0.39 is 5.41 Å². The van der Waals surface area contributed by atoms with Gasteiger partial charge in [-0.05, 0) is 174 Å². The van der Waals surface area contributed by atoms with Crippen LogP contribution in [0.2, 0.25) is 0 Å². The summed E-state index contributed by atoms with van der Waals surface area (Å²) in [6, 6.07) is 91.4. The topological polar surface area (TPSA) is 29.5 Å². The van der Waals surface area contributed by atoms with Crippen LogP contribution in [0.4, 0.5) is 11.4 Å². The Morgan fingerprint density at radius 1 is 0.351 bits per heavy atom. The van der Waals surface area contributed by atoms with Gasteiger partial charge in [0.2, 0.25) is 0 Å². The highest BCUT2D eigenvalue weighted by Gasteiger charge is 2.51. The van der Waals surface area contributed by atoms with E-state index in [1.165, 1.54) is 50.1 Å². The fourth-order valence-electron chi connectivity index (χ4n) is 13.5. The first-order valence-corrected chi connectivity index (χ1v) is 26.8. The average molecular weight is 984 g/mol. The molecule has 0 saturated heterocycles. The second-order valence-corrected chi connectivity index (χ2v) is 21.2. The van der Waals surface area contributed by atoms with Crippen LogP contribution in [0.25, 0.3) is 99.5 Å². The van der Waals surface area contributed by atoms with E-state index in [9.17, 15) is 0 Å². The molecule has 0 amide bonds. The Hall–Kier alpha value is -9.70. The lowest BCUT2D eigenvalue weighted by Gasteiger charge is -2.34. The molecule has 0 aliphatic heterocycles. The second-order valence-electron chi connectivity index (χ2n) is 21.2. The van der Waals surface area contributed by atoms with Gasteiger partial charge in [-0.15, -0.1) is 0 Å². The minimum Gasteiger partial charge on any atom is -0.456 e. The predicted molar refractivity (Wildman–Crippen MR) is 318 cm³/mol. The number of allylic oxidation sites excluding steroid dienone is 3. The van der Waals surface area contributed by atoms with Crippen molar-refractivity contribution < 1.29 is 8.83 Å². The van der Waals surface area contributed by atoms with Crippen molar-refractivity contribution in [1.82, 2.24) is 0 Å². The van der Waals surface area contributed by atoms with Gasteiger partial charge in [0.15, 0.2) is 0 Å². The van der Waals surface area contributed by atoms with Crippen LogP contribution in [0.3, 0.4) is 0 Å². The standard InChI is InChI=1S/C74H49NO2/c1-46-39-55(33-35-57(46)48-15-3-2-4-16-48)75(56-34-36-61-60-19-7-12-24-68(60)74(69(61)45-56)66-22-10-5-17-58(66)59-18-6-11-23-67(59)74)54-31-27-47(28-32-54)51-40-52(49-29-37-72-64(43-49)62-20-8-13-25-70(62)76-72)42-53(41-51)50-30-38-73-65(44-50)63-21-9-14-26-71(63)77-73/h2-46,57H,1H3. The molecule has 0 N–H and O–H groups in total. The molecule has 362 valence electrons. The van der Waals surface area contributed by atoms with Crippen LogP contribution >= 0.6 is 0 Å². The molecule has 0 fully saturated rings. The van der Waals surface area contributed by atoms with Crippen molar-refractivity contribution in [1.29, 1.82) is 0 Å². The Labute approximate surface area is 446 Å². The number of anilines is 2. The van der Waals surface area contributed by atoms with Crippen molar-refractivity contribution >= 4 is 55.3 Å². The number of hydrogen-bond acceptors (Lipinski definition) is 3. The van der Waals surface area contributed by atoms with E-state index in [1.807, 2.05) is 24.3 Å². The number of benzene rings is 11. The van der Waals surface area contributed by atoms with Gasteiger partial charge in [-0.25, -0.2) is 0 Å². The van der Waals surface area contributed by atoms with E-state index >= 15 is 0 Å². The van der Waals surface area contributed by atoms with Gasteiger partial charge >= 0.3 is 0 Å². The van der Waals surface area contributed by atoms with E-state index in [4.69, 9.17) is 8.83 Å². The van der Waals surface area contributed by atoms with Crippen LogP contribution < -0.4 is 4.90 Å². The quantitative estimate of drug-likeness (QED) is 0.159. The van der Waals surface area contributed by atoms with Gasteiger partial charge in [0.25, 0.3) is 0 Å². The molecule has 2 unspecified atom stereocenters. The summed E-state index contributed by atoms with van der Waals surface area (Å²) in [7, 11) is 0. The maximum atomic E-state index is 6.30. The SMILES string of the molecule is CC1C=C(N(c2ccc(-c3cc(-c4ccc5oc6ccccc6c5c4)cc(-c4ccc5oc6ccccc6c5c4)c3)cc2)c2ccc3c(c2)C2(c4ccccc4-c4ccccc42)c2ccccc2-3)C=CC1c1ccccc1. The van der Waals surface area contributed by atoms with Crippen molar-refractivity contribution in [2.75, 3.05) is 4.90 Å². The second kappa shape index (κ2) is 16.9. The molecule has 0 bridgehead atoms. The molecule has 11 aromatic carbocycles. The molecule has 1 spiro atoms. The summed E-state index contributed by atoms with van der Waals surface area (Å²) in [6.45, 7) is 2.35. The number of fused-ring (bicyclic) bond motifs is 16. The zero-order chi connectivity index (χ0) is 50.8. The van der Waals surface area contributed by atoms with Crippen LogP contribution in [-0.2, 0) is 5.41 Å². The number of nitrogens with zero attached hydrogens (tertiary/aromatic N) is 1. The molecule has 3 aliphatic carbocycles. The number of para-hydroxylation sites is 2. The van der Waals surface area contributed by atoms with E-state index in [0.29, 0.717) is 0 Å². The molecule has 0 radical (unpaired) electrons. The van der Waals surface area contributed by atoms with Gasteiger partial charge in [-0.1, -0.05) is 189 Å². The first-order valence-electron chi connectivity index (χ1n) is 26.8. The molecule has 2 aromatic heterocycles. The first-order chi connectivity index (χ1) is 38.0. The van der Waals surface area contributed by atoms with Gasteiger partial charge in [0, 0.05) is 44.5 Å². The van der Waals surface area contributed by atoms with Crippen LogP contribution in [0.1, 0.15) is 40.7 Å². The normalized spacial score (nSPS) is 15.7. The highest BCUT2D eigenvalue weighted by Crippen LogP contribution is 2.63. The summed E-state index contributed by atoms with van der Waals surface area (Å²) < 4.78 is 12.6. The molecule has 16 rings (SSSR count). The summed E-state index contributed by atoms with van der Waals surface area (Å²) in [5.74, 6) is 0.535. The van der Waals surface area contributed by atoms with Crippen LogP contribution in [-0.4, -0.2) is 0 Å². The molecular weight excluding hydrogens is 935 g/mol. The molecule has 3 aliphatic rings. The fraction of sp³-hybridized carbons (Fsp3) is 0.0541.